The molecule has 1 saturated carbocycles. The molecule has 1 aromatic carbocycles. The van der Waals surface area contributed by atoms with Gasteiger partial charge in [-0.15, -0.1) is 0 Å². The molecule has 1 aliphatic carbocycles. The predicted molar refractivity (Wildman–Crippen MR) is 100 cm³/mol. The van der Waals surface area contributed by atoms with E-state index in [2.05, 4.69) is 22.3 Å². The Morgan fingerprint density at radius 3 is 2.62 bits per heavy atom. The van der Waals surface area contributed by atoms with Crippen LogP contribution in [0.4, 0.5) is 0 Å². The Kier molecular flexibility index (Phi) is 7.06. The Morgan fingerprint density at radius 1 is 1.08 bits per heavy atom. The van der Waals surface area contributed by atoms with Crippen LogP contribution < -0.4 is 5.32 Å². The van der Waals surface area contributed by atoms with Gasteiger partial charge in [0.2, 0.25) is 5.91 Å². The van der Waals surface area contributed by atoms with Gasteiger partial charge in [-0.1, -0.05) is 49.6 Å². The summed E-state index contributed by atoms with van der Waals surface area (Å²) in [6.45, 7) is 2.56. The van der Waals surface area contributed by atoms with Gasteiger partial charge in [0.25, 0.3) is 0 Å². The van der Waals surface area contributed by atoms with Crippen LogP contribution in [-0.4, -0.2) is 42.5 Å². The molecule has 1 amide bonds. The van der Waals surface area contributed by atoms with E-state index in [-0.39, 0.29) is 24.5 Å². The standard InChI is InChI=1S/C21H30N2O3/c24-20(13-17-7-3-1-4-8-17)22-14-21(25)26-19-11-12-23(16-19)15-18-9-5-2-6-10-18/h2,5-6,9-10,17,19H,1,3-4,7-8,11-16H2,(H,22,24)/t19-/m1/s1. The lowest BCUT2D eigenvalue weighted by atomic mass is 9.87. The monoisotopic (exact) mass is 358 g/mol. The third-order valence-corrected chi connectivity index (χ3v) is 5.40. The van der Waals surface area contributed by atoms with Crippen LogP contribution in [0.2, 0.25) is 0 Å². The summed E-state index contributed by atoms with van der Waals surface area (Å²) >= 11 is 0. The second-order valence-corrected chi connectivity index (χ2v) is 7.61. The molecule has 2 fully saturated rings. The first-order valence-electron chi connectivity index (χ1n) is 9.91. The molecule has 0 radical (unpaired) electrons. The van der Waals surface area contributed by atoms with Gasteiger partial charge < -0.3 is 10.1 Å². The van der Waals surface area contributed by atoms with Crippen molar-refractivity contribution in [1.29, 1.82) is 0 Å². The lowest BCUT2D eigenvalue weighted by Crippen LogP contribution is -2.34. The van der Waals surface area contributed by atoms with Crippen molar-refractivity contribution in [3.05, 3.63) is 35.9 Å². The number of carbonyl (C=O) groups is 2. The molecular formula is C21H30N2O3. The number of rotatable bonds is 7. The zero-order valence-electron chi connectivity index (χ0n) is 15.5. The largest absolute Gasteiger partial charge is 0.460 e. The third-order valence-electron chi connectivity index (χ3n) is 5.40. The van der Waals surface area contributed by atoms with E-state index in [1.165, 1.54) is 24.8 Å². The number of hydrogen-bond donors (Lipinski definition) is 1. The Balaban J connectivity index is 1.31. The molecule has 1 heterocycles. The van der Waals surface area contributed by atoms with Crippen LogP contribution in [0, 0.1) is 5.92 Å². The summed E-state index contributed by atoms with van der Waals surface area (Å²) in [6.07, 6.45) is 7.33. The molecule has 0 unspecified atom stereocenters. The number of benzene rings is 1. The fourth-order valence-electron chi connectivity index (χ4n) is 4.00. The quantitative estimate of drug-likeness (QED) is 0.762. The van der Waals surface area contributed by atoms with Gasteiger partial charge in [0.05, 0.1) is 0 Å². The predicted octanol–water partition coefficient (Wildman–Crippen LogP) is 2.89. The maximum Gasteiger partial charge on any atom is 0.325 e. The molecule has 1 saturated heterocycles. The number of amides is 1. The minimum atomic E-state index is -0.325. The van der Waals surface area contributed by atoms with Crippen molar-refractivity contribution in [1.82, 2.24) is 10.2 Å². The van der Waals surface area contributed by atoms with Crippen molar-refractivity contribution in [3.63, 3.8) is 0 Å². The Hall–Kier alpha value is -1.88. The zero-order valence-corrected chi connectivity index (χ0v) is 15.5. The van der Waals surface area contributed by atoms with Crippen molar-refractivity contribution < 1.29 is 14.3 Å². The highest BCUT2D eigenvalue weighted by atomic mass is 16.5. The molecule has 2 aliphatic rings. The first-order chi connectivity index (χ1) is 12.7. The van der Waals surface area contributed by atoms with Gasteiger partial charge in [0, 0.05) is 26.1 Å². The van der Waals surface area contributed by atoms with E-state index in [0.29, 0.717) is 12.3 Å². The topological polar surface area (TPSA) is 58.6 Å². The van der Waals surface area contributed by atoms with Gasteiger partial charge in [-0.2, -0.15) is 0 Å². The lowest BCUT2D eigenvalue weighted by molar-refractivity contribution is -0.148. The van der Waals surface area contributed by atoms with Crippen LogP contribution in [0.25, 0.3) is 0 Å². The molecule has 5 heteroatoms. The SMILES string of the molecule is O=C(CC1CCCCC1)NCC(=O)O[C@@H]1CCN(Cc2ccccc2)C1. The smallest absolute Gasteiger partial charge is 0.325 e. The number of carbonyl (C=O) groups excluding carboxylic acids is 2. The highest BCUT2D eigenvalue weighted by molar-refractivity contribution is 5.82. The normalized spacial score (nSPS) is 21.5. The van der Waals surface area contributed by atoms with E-state index in [1.807, 2.05) is 18.2 Å². The van der Waals surface area contributed by atoms with Gasteiger partial charge in [-0.3, -0.25) is 14.5 Å². The minimum absolute atomic E-state index is 0.0132. The highest BCUT2D eigenvalue weighted by Gasteiger charge is 2.26. The Bertz CT molecular complexity index is 584. The number of hydrogen-bond acceptors (Lipinski definition) is 4. The zero-order chi connectivity index (χ0) is 18.2. The summed E-state index contributed by atoms with van der Waals surface area (Å²) in [5.74, 6) is 0.140. The fraction of sp³-hybridized carbons (Fsp3) is 0.619. The molecule has 0 aromatic heterocycles. The number of nitrogens with one attached hydrogen (secondary N) is 1. The van der Waals surface area contributed by atoms with Crippen molar-refractivity contribution in [2.45, 2.75) is 57.6 Å². The Labute approximate surface area is 156 Å². The fourth-order valence-corrected chi connectivity index (χ4v) is 4.00. The van der Waals surface area contributed by atoms with Gasteiger partial charge in [-0.05, 0) is 30.7 Å². The molecule has 0 spiro atoms. The van der Waals surface area contributed by atoms with Crippen LogP contribution in [0.3, 0.4) is 0 Å². The maximum absolute atomic E-state index is 12.0. The first-order valence-corrected chi connectivity index (χ1v) is 9.91. The molecule has 1 aliphatic heterocycles. The first kappa shape index (κ1) is 18.9. The van der Waals surface area contributed by atoms with Gasteiger partial charge in [0.15, 0.2) is 0 Å². The average molecular weight is 358 g/mol. The van der Waals surface area contributed by atoms with Crippen molar-refractivity contribution in [2.24, 2.45) is 5.92 Å². The van der Waals surface area contributed by atoms with Crippen LogP contribution >= 0.6 is 0 Å². The van der Waals surface area contributed by atoms with Crippen molar-refractivity contribution in [2.75, 3.05) is 19.6 Å². The minimum Gasteiger partial charge on any atom is -0.460 e. The highest BCUT2D eigenvalue weighted by Crippen LogP contribution is 2.26. The molecule has 142 valence electrons. The summed E-state index contributed by atoms with van der Waals surface area (Å²) < 4.78 is 5.52. The summed E-state index contributed by atoms with van der Waals surface area (Å²) in [7, 11) is 0. The van der Waals surface area contributed by atoms with E-state index in [0.717, 1.165) is 38.9 Å². The summed E-state index contributed by atoms with van der Waals surface area (Å²) in [6, 6.07) is 10.3. The van der Waals surface area contributed by atoms with E-state index in [4.69, 9.17) is 4.74 Å². The van der Waals surface area contributed by atoms with Crippen LogP contribution in [0.1, 0.15) is 50.5 Å². The van der Waals surface area contributed by atoms with Crippen molar-refractivity contribution in [3.8, 4) is 0 Å². The number of nitrogens with zero attached hydrogens (tertiary/aromatic N) is 1. The van der Waals surface area contributed by atoms with Gasteiger partial charge >= 0.3 is 5.97 Å². The molecule has 1 N–H and O–H groups in total. The van der Waals surface area contributed by atoms with Crippen molar-refractivity contribution >= 4 is 11.9 Å². The molecule has 1 aromatic rings. The van der Waals surface area contributed by atoms with Crippen LogP contribution in [0.15, 0.2) is 30.3 Å². The number of esters is 1. The molecule has 1 atom stereocenters. The number of ether oxygens (including phenoxy) is 1. The van der Waals surface area contributed by atoms with E-state index < -0.39 is 0 Å². The second-order valence-electron chi connectivity index (χ2n) is 7.61. The van der Waals surface area contributed by atoms with Gasteiger partial charge in [0.1, 0.15) is 12.6 Å². The average Bonchev–Trinajstić information content (AvgIpc) is 3.08. The lowest BCUT2D eigenvalue weighted by Gasteiger charge is -2.20. The summed E-state index contributed by atoms with van der Waals surface area (Å²) in [5.41, 5.74) is 1.27. The number of likely N-dealkylation sites (tertiary alicyclic amines) is 1. The molecule has 0 bridgehead atoms. The molecule has 3 rings (SSSR count). The van der Waals surface area contributed by atoms with Crippen LogP contribution in [0.5, 0.6) is 0 Å². The maximum atomic E-state index is 12.0. The van der Waals surface area contributed by atoms with E-state index >= 15 is 0 Å². The van der Waals surface area contributed by atoms with E-state index in [1.54, 1.807) is 0 Å². The molecule has 26 heavy (non-hydrogen) atoms. The second kappa shape index (κ2) is 9.72. The Morgan fingerprint density at radius 2 is 1.85 bits per heavy atom. The summed E-state index contributed by atoms with van der Waals surface area (Å²) in [4.78, 5) is 26.3. The molecular weight excluding hydrogens is 328 g/mol. The third kappa shape index (κ3) is 6.13. The van der Waals surface area contributed by atoms with E-state index in [9.17, 15) is 9.59 Å². The molecule has 5 nitrogen and oxygen atoms in total. The summed E-state index contributed by atoms with van der Waals surface area (Å²) in [5, 5.41) is 2.73. The van der Waals surface area contributed by atoms with Gasteiger partial charge in [-0.25, -0.2) is 0 Å². The van der Waals surface area contributed by atoms with Crippen LogP contribution in [-0.2, 0) is 20.9 Å².